The number of amides is 1. The van der Waals surface area contributed by atoms with Crippen LogP contribution in [0.5, 0.6) is 0 Å². The lowest BCUT2D eigenvalue weighted by molar-refractivity contribution is -0.117. The molecule has 2 aromatic heterocycles. The van der Waals surface area contributed by atoms with Crippen LogP contribution in [0.1, 0.15) is 26.5 Å². The summed E-state index contributed by atoms with van der Waals surface area (Å²) in [5, 5.41) is 3.30. The van der Waals surface area contributed by atoms with Gasteiger partial charge >= 0.3 is 0 Å². The molecule has 1 unspecified atom stereocenters. The number of rotatable bonds is 4. The molecule has 2 heterocycles. The Kier molecular flexibility index (Phi) is 4.45. The van der Waals surface area contributed by atoms with Crippen molar-refractivity contribution in [2.24, 2.45) is 5.92 Å². The van der Waals surface area contributed by atoms with E-state index < -0.39 is 0 Å². The van der Waals surface area contributed by atoms with Crippen molar-refractivity contribution < 1.29 is 4.79 Å². The van der Waals surface area contributed by atoms with E-state index in [1.807, 2.05) is 35.7 Å². The molecule has 2 aromatic rings. The number of carbonyl (C=O) groups is 1. The second-order valence-electron chi connectivity index (χ2n) is 5.09. The SMILES string of the molecule is CC(C)C(C)NC(=O)C=Cc1c(Cl)nc2ccccn12. The van der Waals surface area contributed by atoms with E-state index in [2.05, 4.69) is 24.1 Å². The van der Waals surface area contributed by atoms with Gasteiger partial charge in [-0.3, -0.25) is 9.20 Å². The highest BCUT2D eigenvalue weighted by molar-refractivity contribution is 6.31. The average Bonchev–Trinajstić information content (AvgIpc) is 2.71. The van der Waals surface area contributed by atoms with Crippen molar-refractivity contribution in [3.8, 4) is 0 Å². The molecule has 0 radical (unpaired) electrons. The number of pyridine rings is 1. The number of carbonyl (C=O) groups excluding carboxylic acids is 1. The summed E-state index contributed by atoms with van der Waals surface area (Å²) in [7, 11) is 0. The van der Waals surface area contributed by atoms with Gasteiger partial charge in [-0.05, 0) is 31.1 Å². The third-order valence-electron chi connectivity index (χ3n) is 3.28. The molecule has 1 N–H and O–H groups in total. The lowest BCUT2D eigenvalue weighted by Gasteiger charge is -2.15. The van der Waals surface area contributed by atoms with Crippen LogP contribution < -0.4 is 5.32 Å². The van der Waals surface area contributed by atoms with E-state index in [0.717, 1.165) is 5.65 Å². The first-order chi connectivity index (χ1) is 9.49. The molecule has 0 saturated heterocycles. The van der Waals surface area contributed by atoms with Crippen LogP contribution >= 0.6 is 11.6 Å². The first kappa shape index (κ1) is 14.6. The number of aromatic nitrogens is 2. The number of imidazole rings is 1. The summed E-state index contributed by atoms with van der Waals surface area (Å²) in [5.41, 5.74) is 1.46. The molecule has 0 aliphatic carbocycles. The summed E-state index contributed by atoms with van der Waals surface area (Å²) in [6, 6.07) is 5.78. The molecule has 20 heavy (non-hydrogen) atoms. The molecule has 0 aliphatic rings. The van der Waals surface area contributed by atoms with Crippen LogP contribution in [0.2, 0.25) is 5.15 Å². The number of nitrogens with one attached hydrogen (secondary N) is 1. The van der Waals surface area contributed by atoms with E-state index in [9.17, 15) is 4.79 Å². The molecule has 0 bridgehead atoms. The van der Waals surface area contributed by atoms with E-state index in [1.165, 1.54) is 6.08 Å². The van der Waals surface area contributed by atoms with Gasteiger partial charge in [-0.25, -0.2) is 4.98 Å². The third-order valence-corrected chi connectivity index (χ3v) is 3.56. The minimum Gasteiger partial charge on any atom is -0.350 e. The van der Waals surface area contributed by atoms with Crippen LogP contribution in [0, 0.1) is 5.92 Å². The summed E-state index contributed by atoms with van der Waals surface area (Å²) in [6.07, 6.45) is 5.04. The Morgan fingerprint density at radius 2 is 2.15 bits per heavy atom. The molecular weight excluding hydrogens is 274 g/mol. The smallest absolute Gasteiger partial charge is 0.244 e. The minimum atomic E-state index is -0.131. The minimum absolute atomic E-state index is 0.129. The molecule has 106 valence electrons. The van der Waals surface area contributed by atoms with Gasteiger partial charge in [0, 0.05) is 18.3 Å². The zero-order valence-electron chi connectivity index (χ0n) is 11.8. The lowest BCUT2D eigenvalue weighted by Crippen LogP contribution is -2.34. The lowest BCUT2D eigenvalue weighted by atomic mass is 10.1. The van der Waals surface area contributed by atoms with E-state index in [1.54, 1.807) is 6.08 Å². The van der Waals surface area contributed by atoms with Gasteiger partial charge in [0.25, 0.3) is 0 Å². The summed E-state index contributed by atoms with van der Waals surface area (Å²) in [5.74, 6) is 0.264. The second-order valence-corrected chi connectivity index (χ2v) is 5.45. The van der Waals surface area contributed by atoms with E-state index in [0.29, 0.717) is 16.8 Å². The molecule has 2 rings (SSSR count). The van der Waals surface area contributed by atoms with Crippen LogP contribution in [0.25, 0.3) is 11.7 Å². The average molecular weight is 292 g/mol. The number of hydrogen-bond donors (Lipinski definition) is 1. The summed E-state index contributed by atoms with van der Waals surface area (Å²) < 4.78 is 1.85. The fraction of sp³-hybridized carbons (Fsp3) is 0.333. The van der Waals surface area contributed by atoms with Crippen molar-refractivity contribution in [3.63, 3.8) is 0 Å². The van der Waals surface area contributed by atoms with Gasteiger partial charge in [0.1, 0.15) is 5.65 Å². The Labute approximate surface area is 123 Å². The molecule has 4 nitrogen and oxygen atoms in total. The van der Waals surface area contributed by atoms with Crippen LogP contribution in [0.3, 0.4) is 0 Å². The standard InChI is InChI=1S/C15H18ClN3O/c1-10(2)11(3)17-14(20)8-7-12-15(16)18-13-6-4-5-9-19(12)13/h4-11H,1-3H3,(H,17,20). The van der Waals surface area contributed by atoms with Gasteiger partial charge in [-0.1, -0.05) is 31.5 Å². The summed E-state index contributed by atoms with van der Waals surface area (Å²) >= 11 is 6.09. The maximum absolute atomic E-state index is 11.8. The Morgan fingerprint density at radius 3 is 2.85 bits per heavy atom. The Balaban J connectivity index is 2.17. The number of nitrogens with zero attached hydrogens (tertiary/aromatic N) is 2. The maximum atomic E-state index is 11.8. The van der Waals surface area contributed by atoms with Crippen molar-refractivity contribution in [2.75, 3.05) is 0 Å². The van der Waals surface area contributed by atoms with E-state index >= 15 is 0 Å². The molecule has 5 heteroatoms. The van der Waals surface area contributed by atoms with Gasteiger partial charge in [0.05, 0.1) is 5.69 Å². The Bertz CT molecular complexity index is 646. The molecular formula is C15H18ClN3O. The fourth-order valence-corrected chi connectivity index (χ4v) is 1.97. The van der Waals surface area contributed by atoms with Crippen molar-refractivity contribution in [3.05, 3.63) is 41.3 Å². The Hall–Kier alpha value is -1.81. The molecule has 0 saturated carbocycles. The van der Waals surface area contributed by atoms with Gasteiger partial charge < -0.3 is 5.32 Å². The predicted molar refractivity (Wildman–Crippen MR) is 81.7 cm³/mol. The Morgan fingerprint density at radius 1 is 1.40 bits per heavy atom. The van der Waals surface area contributed by atoms with Crippen LogP contribution in [-0.4, -0.2) is 21.3 Å². The number of fused-ring (bicyclic) bond motifs is 1. The summed E-state index contributed by atoms with van der Waals surface area (Å²) in [4.78, 5) is 16.1. The van der Waals surface area contributed by atoms with Crippen molar-refractivity contribution in [1.29, 1.82) is 0 Å². The first-order valence-corrected chi connectivity index (χ1v) is 6.98. The van der Waals surface area contributed by atoms with E-state index in [4.69, 9.17) is 11.6 Å². The van der Waals surface area contributed by atoms with Crippen LogP contribution in [0.15, 0.2) is 30.5 Å². The monoisotopic (exact) mass is 291 g/mol. The molecule has 0 spiro atoms. The first-order valence-electron chi connectivity index (χ1n) is 6.60. The van der Waals surface area contributed by atoms with Gasteiger partial charge in [0.15, 0.2) is 5.15 Å². The quantitative estimate of drug-likeness (QED) is 0.880. The highest BCUT2D eigenvalue weighted by atomic mass is 35.5. The largest absolute Gasteiger partial charge is 0.350 e. The van der Waals surface area contributed by atoms with Crippen molar-refractivity contribution in [1.82, 2.24) is 14.7 Å². The van der Waals surface area contributed by atoms with Crippen LogP contribution in [0.4, 0.5) is 0 Å². The van der Waals surface area contributed by atoms with E-state index in [-0.39, 0.29) is 11.9 Å². The fourth-order valence-electron chi connectivity index (χ4n) is 1.73. The highest BCUT2D eigenvalue weighted by Gasteiger charge is 2.10. The molecule has 0 aliphatic heterocycles. The number of hydrogen-bond acceptors (Lipinski definition) is 2. The molecule has 1 atom stereocenters. The zero-order valence-corrected chi connectivity index (χ0v) is 12.6. The predicted octanol–water partition coefficient (Wildman–Crippen LogP) is 3.16. The second kappa shape index (κ2) is 6.09. The highest BCUT2D eigenvalue weighted by Crippen LogP contribution is 2.18. The molecule has 1 amide bonds. The maximum Gasteiger partial charge on any atom is 0.244 e. The molecule has 0 fully saturated rings. The topological polar surface area (TPSA) is 46.4 Å². The van der Waals surface area contributed by atoms with Crippen molar-refractivity contribution >= 4 is 29.2 Å². The van der Waals surface area contributed by atoms with Gasteiger partial charge in [-0.2, -0.15) is 0 Å². The summed E-state index contributed by atoms with van der Waals surface area (Å²) in [6.45, 7) is 6.11. The van der Waals surface area contributed by atoms with Gasteiger partial charge in [0.2, 0.25) is 5.91 Å². The molecule has 0 aromatic carbocycles. The van der Waals surface area contributed by atoms with Crippen LogP contribution in [-0.2, 0) is 4.79 Å². The van der Waals surface area contributed by atoms with Crippen molar-refractivity contribution in [2.45, 2.75) is 26.8 Å². The third kappa shape index (κ3) is 3.20. The van der Waals surface area contributed by atoms with Gasteiger partial charge in [-0.15, -0.1) is 0 Å². The normalized spacial score (nSPS) is 13.2. The zero-order chi connectivity index (χ0) is 14.7. The number of halogens is 1.